The summed E-state index contributed by atoms with van der Waals surface area (Å²) in [5, 5.41) is 7.68. The van der Waals surface area contributed by atoms with Crippen LogP contribution < -0.4 is 15.5 Å². The van der Waals surface area contributed by atoms with Gasteiger partial charge in [-0.3, -0.25) is 0 Å². The van der Waals surface area contributed by atoms with Crippen LogP contribution in [0.25, 0.3) is 0 Å². The zero-order valence-electron chi connectivity index (χ0n) is 13.8. The van der Waals surface area contributed by atoms with Crippen molar-refractivity contribution in [3.63, 3.8) is 0 Å². The summed E-state index contributed by atoms with van der Waals surface area (Å²) < 4.78 is 5.39. The fourth-order valence-electron chi connectivity index (χ4n) is 3.56. The second-order valence-electron chi connectivity index (χ2n) is 6.51. The third-order valence-corrected chi connectivity index (χ3v) is 5.13. The fraction of sp³-hybridized carbons (Fsp3) is 0.611. The van der Waals surface area contributed by atoms with Crippen LogP contribution in [0.1, 0.15) is 36.4 Å². The molecule has 0 unspecified atom stereocenters. The third-order valence-electron chi connectivity index (χ3n) is 4.87. The quantitative estimate of drug-likeness (QED) is 0.551. The molecule has 1 fully saturated rings. The molecule has 4 nitrogen and oxygen atoms in total. The van der Waals surface area contributed by atoms with Gasteiger partial charge in [-0.2, -0.15) is 0 Å². The molecule has 1 atom stereocenters. The average molecular weight is 335 g/mol. The van der Waals surface area contributed by atoms with Crippen molar-refractivity contribution in [3.8, 4) is 0 Å². The summed E-state index contributed by atoms with van der Waals surface area (Å²) >= 11 is 5.48. The molecule has 1 aliphatic carbocycles. The molecule has 2 aliphatic rings. The topological polar surface area (TPSA) is 37.7 Å². The number of morpholine rings is 1. The van der Waals surface area contributed by atoms with Crippen molar-refractivity contribution in [1.29, 1.82) is 0 Å². The molecule has 1 aliphatic heterocycles. The molecule has 23 heavy (non-hydrogen) atoms. The van der Waals surface area contributed by atoms with Gasteiger partial charge in [-0.05, 0) is 42.6 Å². The van der Waals surface area contributed by atoms with Gasteiger partial charge in [0.25, 0.3) is 0 Å². The van der Waals surface area contributed by atoms with Crippen LogP contribution in [0.15, 0.2) is 24.3 Å². The maximum atomic E-state index is 5.48. The van der Waals surface area contributed by atoms with E-state index in [1.54, 1.807) is 4.90 Å². The molecule has 1 aromatic carbocycles. The van der Waals surface area contributed by atoms with E-state index in [1.807, 2.05) is 0 Å². The van der Waals surface area contributed by atoms with Gasteiger partial charge in [-0.15, -0.1) is 0 Å². The monoisotopic (exact) mass is 334 g/mol. The molecule has 1 saturated heterocycles. The molecule has 0 saturated carbocycles. The Morgan fingerprint density at radius 3 is 2.96 bits per heavy atom. The van der Waals surface area contributed by atoms with Crippen molar-refractivity contribution in [1.82, 2.24) is 10.6 Å². The highest BCUT2D eigenvalue weighted by Gasteiger charge is 2.20. The zero-order valence-corrected chi connectivity index (χ0v) is 14.6. The van der Waals surface area contributed by atoms with E-state index in [0.29, 0.717) is 6.04 Å². The smallest absolute Gasteiger partial charge is 0.166 e. The van der Waals surface area contributed by atoms with Gasteiger partial charge in [0.15, 0.2) is 5.11 Å². The van der Waals surface area contributed by atoms with Crippen molar-refractivity contribution in [2.24, 2.45) is 0 Å². The second kappa shape index (κ2) is 8.62. The lowest BCUT2D eigenvalue weighted by atomic mass is 9.88. The SMILES string of the molecule is S=C(NCCC[NH+]1CCOCC1)N[C@H]1CCCc2ccccc21. The van der Waals surface area contributed by atoms with E-state index in [2.05, 4.69) is 34.9 Å². The highest BCUT2D eigenvalue weighted by molar-refractivity contribution is 7.80. The number of hydrogen-bond acceptors (Lipinski definition) is 2. The van der Waals surface area contributed by atoms with Crippen molar-refractivity contribution >= 4 is 17.3 Å². The van der Waals surface area contributed by atoms with Crippen LogP contribution in [0.2, 0.25) is 0 Å². The lowest BCUT2D eigenvalue weighted by molar-refractivity contribution is -0.908. The molecule has 3 rings (SSSR count). The van der Waals surface area contributed by atoms with Crippen LogP contribution in [0, 0.1) is 0 Å². The van der Waals surface area contributed by atoms with Crippen molar-refractivity contribution in [2.45, 2.75) is 31.7 Å². The Morgan fingerprint density at radius 2 is 2.09 bits per heavy atom. The zero-order chi connectivity index (χ0) is 15.9. The predicted molar refractivity (Wildman–Crippen MR) is 96.9 cm³/mol. The molecule has 0 aromatic heterocycles. The minimum Gasteiger partial charge on any atom is -0.370 e. The summed E-state index contributed by atoms with van der Waals surface area (Å²) in [6.07, 6.45) is 4.74. The first kappa shape index (κ1) is 16.7. The number of quaternary nitrogens is 1. The molecule has 1 heterocycles. The van der Waals surface area contributed by atoms with E-state index >= 15 is 0 Å². The van der Waals surface area contributed by atoms with E-state index in [-0.39, 0.29) is 0 Å². The van der Waals surface area contributed by atoms with Crippen LogP contribution >= 0.6 is 12.2 Å². The Hall–Kier alpha value is -1.17. The Morgan fingerprint density at radius 1 is 1.26 bits per heavy atom. The van der Waals surface area contributed by atoms with Crippen LogP contribution in [0.4, 0.5) is 0 Å². The van der Waals surface area contributed by atoms with Crippen LogP contribution in [-0.4, -0.2) is 44.5 Å². The summed E-state index contributed by atoms with van der Waals surface area (Å²) in [5.41, 5.74) is 2.88. The lowest BCUT2D eigenvalue weighted by Gasteiger charge is -2.27. The molecule has 0 bridgehead atoms. The van der Waals surface area contributed by atoms with Gasteiger partial charge < -0.3 is 20.3 Å². The molecule has 0 radical (unpaired) electrons. The summed E-state index contributed by atoms with van der Waals surface area (Å²) in [7, 11) is 0. The first-order chi connectivity index (χ1) is 11.3. The highest BCUT2D eigenvalue weighted by Crippen LogP contribution is 2.29. The summed E-state index contributed by atoms with van der Waals surface area (Å²) in [4.78, 5) is 1.65. The fourth-order valence-corrected chi connectivity index (χ4v) is 3.81. The Labute approximate surface area is 144 Å². The maximum absolute atomic E-state index is 5.48. The summed E-state index contributed by atoms with van der Waals surface area (Å²) in [6, 6.07) is 9.10. The first-order valence-electron chi connectivity index (χ1n) is 8.86. The molecule has 1 aromatic rings. The number of ether oxygens (including phenoxy) is 1. The standard InChI is InChI=1S/C18H27N3OS/c23-18(19-9-4-10-21-11-13-22-14-12-21)20-17-8-3-6-15-5-1-2-7-16(15)17/h1-2,5,7,17H,3-4,6,8-14H2,(H2,19,20,23)/p+1/t17-/m0/s1. The Kier molecular flexibility index (Phi) is 6.25. The van der Waals surface area contributed by atoms with E-state index in [4.69, 9.17) is 17.0 Å². The number of nitrogens with one attached hydrogen (secondary N) is 3. The Bertz CT molecular complexity index is 517. The lowest BCUT2D eigenvalue weighted by Crippen LogP contribution is -3.14. The molecule has 3 N–H and O–H groups in total. The van der Waals surface area contributed by atoms with Crippen molar-refractivity contribution in [2.75, 3.05) is 39.4 Å². The molecule has 0 amide bonds. The number of hydrogen-bond donors (Lipinski definition) is 3. The number of benzene rings is 1. The van der Waals surface area contributed by atoms with E-state index in [9.17, 15) is 0 Å². The predicted octanol–water partition coefficient (Wildman–Crippen LogP) is 0.833. The van der Waals surface area contributed by atoms with Gasteiger partial charge in [-0.1, -0.05) is 24.3 Å². The largest absolute Gasteiger partial charge is 0.370 e. The van der Waals surface area contributed by atoms with Gasteiger partial charge >= 0.3 is 0 Å². The van der Waals surface area contributed by atoms with Gasteiger partial charge in [-0.25, -0.2) is 0 Å². The van der Waals surface area contributed by atoms with Gasteiger partial charge in [0.1, 0.15) is 13.1 Å². The van der Waals surface area contributed by atoms with Crippen molar-refractivity contribution in [3.05, 3.63) is 35.4 Å². The Balaban J connectivity index is 1.38. The molecular weight excluding hydrogens is 306 g/mol. The highest BCUT2D eigenvalue weighted by atomic mass is 32.1. The number of rotatable bonds is 5. The molecular formula is C18H28N3OS+. The molecule has 126 valence electrons. The number of aryl methyl sites for hydroxylation is 1. The average Bonchev–Trinajstić information content (AvgIpc) is 2.60. The molecule has 0 spiro atoms. The maximum Gasteiger partial charge on any atom is 0.166 e. The molecule has 5 heteroatoms. The number of fused-ring (bicyclic) bond motifs is 1. The van der Waals surface area contributed by atoms with Crippen LogP contribution in [0.3, 0.4) is 0 Å². The minimum atomic E-state index is 0.366. The summed E-state index contributed by atoms with van der Waals surface area (Å²) in [6.45, 7) is 6.24. The normalized spacial score (nSPS) is 21.5. The van der Waals surface area contributed by atoms with Crippen LogP contribution in [0.5, 0.6) is 0 Å². The van der Waals surface area contributed by atoms with E-state index in [1.165, 1.54) is 30.5 Å². The second-order valence-corrected chi connectivity index (χ2v) is 6.92. The number of thiocarbonyl (C=S) groups is 1. The first-order valence-corrected chi connectivity index (χ1v) is 9.27. The van der Waals surface area contributed by atoms with Crippen LogP contribution in [-0.2, 0) is 11.2 Å². The van der Waals surface area contributed by atoms with Gasteiger partial charge in [0, 0.05) is 13.0 Å². The van der Waals surface area contributed by atoms with Gasteiger partial charge in [0.05, 0.1) is 25.8 Å². The summed E-state index contributed by atoms with van der Waals surface area (Å²) in [5.74, 6) is 0. The van der Waals surface area contributed by atoms with E-state index < -0.39 is 0 Å². The van der Waals surface area contributed by atoms with E-state index in [0.717, 1.165) is 50.8 Å². The third kappa shape index (κ3) is 4.90. The minimum absolute atomic E-state index is 0.366. The van der Waals surface area contributed by atoms with Crippen molar-refractivity contribution < 1.29 is 9.64 Å². The van der Waals surface area contributed by atoms with Gasteiger partial charge in [0.2, 0.25) is 0 Å².